The maximum absolute atomic E-state index is 10.8. The van der Waals surface area contributed by atoms with Crippen molar-refractivity contribution in [3.63, 3.8) is 0 Å². The summed E-state index contributed by atoms with van der Waals surface area (Å²) < 4.78 is 5.36. The molecule has 0 aliphatic heterocycles. The van der Waals surface area contributed by atoms with E-state index in [1.807, 2.05) is 0 Å². The zero-order valence-corrected chi connectivity index (χ0v) is 9.50. The SMILES string of the molecule is COC(c1nc(C(=O)O)c(C)s1)C1CC1. The second-order valence-corrected chi connectivity index (χ2v) is 4.99. The fourth-order valence-corrected chi connectivity index (χ4v) is 2.72. The highest BCUT2D eigenvalue weighted by Gasteiger charge is 2.35. The number of rotatable bonds is 4. The highest BCUT2D eigenvalue weighted by molar-refractivity contribution is 7.11. The Kier molecular flexibility index (Phi) is 2.75. The van der Waals surface area contributed by atoms with Gasteiger partial charge in [0.2, 0.25) is 0 Å². The van der Waals surface area contributed by atoms with Gasteiger partial charge in [-0.25, -0.2) is 9.78 Å². The highest BCUT2D eigenvalue weighted by atomic mass is 32.1. The summed E-state index contributed by atoms with van der Waals surface area (Å²) in [6, 6.07) is 0. The number of carboxylic acids is 1. The number of aromatic nitrogens is 1. The van der Waals surface area contributed by atoms with Crippen LogP contribution in [0.4, 0.5) is 0 Å². The first-order valence-corrected chi connectivity index (χ1v) is 5.68. The first kappa shape index (κ1) is 10.6. The van der Waals surface area contributed by atoms with E-state index in [1.54, 1.807) is 14.0 Å². The fourth-order valence-electron chi connectivity index (χ4n) is 1.63. The van der Waals surface area contributed by atoms with Crippen LogP contribution in [0.15, 0.2) is 0 Å². The molecule has 0 amide bonds. The summed E-state index contributed by atoms with van der Waals surface area (Å²) >= 11 is 1.43. The van der Waals surface area contributed by atoms with E-state index in [4.69, 9.17) is 9.84 Å². The minimum atomic E-state index is -0.958. The summed E-state index contributed by atoms with van der Waals surface area (Å²) in [5, 5.41) is 9.69. The first-order chi connectivity index (χ1) is 7.13. The Balaban J connectivity index is 2.27. The molecule has 1 aromatic rings. The van der Waals surface area contributed by atoms with Crippen molar-refractivity contribution in [3.8, 4) is 0 Å². The third kappa shape index (κ3) is 2.03. The topological polar surface area (TPSA) is 59.4 Å². The van der Waals surface area contributed by atoms with Gasteiger partial charge in [0.05, 0.1) is 0 Å². The van der Waals surface area contributed by atoms with Crippen LogP contribution in [0.25, 0.3) is 0 Å². The van der Waals surface area contributed by atoms with E-state index in [9.17, 15) is 4.79 Å². The number of ether oxygens (including phenoxy) is 1. The molecule has 0 aromatic carbocycles. The van der Waals surface area contributed by atoms with E-state index in [2.05, 4.69) is 4.98 Å². The zero-order valence-electron chi connectivity index (χ0n) is 8.69. The van der Waals surface area contributed by atoms with Crippen molar-refractivity contribution in [3.05, 3.63) is 15.6 Å². The molecule has 1 aliphatic carbocycles. The molecule has 0 saturated heterocycles. The van der Waals surface area contributed by atoms with Gasteiger partial charge in [0.15, 0.2) is 5.69 Å². The second kappa shape index (κ2) is 3.90. The van der Waals surface area contributed by atoms with Crippen molar-refractivity contribution in [2.75, 3.05) is 7.11 Å². The largest absolute Gasteiger partial charge is 0.476 e. The Morgan fingerprint density at radius 3 is 2.73 bits per heavy atom. The van der Waals surface area contributed by atoms with Crippen LogP contribution in [0.1, 0.15) is 39.3 Å². The van der Waals surface area contributed by atoms with Gasteiger partial charge in [0.1, 0.15) is 11.1 Å². The van der Waals surface area contributed by atoms with Gasteiger partial charge in [-0.05, 0) is 25.7 Å². The average molecular weight is 227 g/mol. The molecule has 1 atom stereocenters. The van der Waals surface area contributed by atoms with Crippen LogP contribution in [0.5, 0.6) is 0 Å². The van der Waals surface area contributed by atoms with E-state index >= 15 is 0 Å². The Hall–Kier alpha value is -0.940. The Labute approximate surface area is 91.9 Å². The second-order valence-electron chi connectivity index (χ2n) is 3.76. The molecule has 1 N–H and O–H groups in total. The molecule has 1 heterocycles. The lowest BCUT2D eigenvalue weighted by atomic mass is 10.2. The first-order valence-electron chi connectivity index (χ1n) is 4.87. The molecule has 0 spiro atoms. The minimum absolute atomic E-state index is 0.0122. The van der Waals surface area contributed by atoms with E-state index in [0.717, 1.165) is 22.7 Å². The monoisotopic (exact) mass is 227 g/mol. The van der Waals surface area contributed by atoms with Gasteiger partial charge >= 0.3 is 5.97 Å². The quantitative estimate of drug-likeness (QED) is 0.857. The number of aromatic carboxylic acids is 1. The van der Waals surface area contributed by atoms with Gasteiger partial charge in [0.25, 0.3) is 0 Å². The molecule has 4 nitrogen and oxygen atoms in total. The fraction of sp³-hybridized carbons (Fsp3) is 0.600. The van der Waals surface area contributed by atoms with Crippen molar-refractivity contribution >= 4 is 17.3 Å². The molecule has 5 heteroatoms. The van der Waals surface area contributed by atoms with Crippen LogP contribution in [0, 0.1) is 12.8 Å². The number of hydrogen-bond acceptors (Lipinski definition) is 4. The van der Waals surface area contributed by atoms with E-state index in [1.165, 1.54) is 11.3 Å². The van der Waals surface area contributed by atoms with Crippen molar-refractivity contribution < 1.29 is 14.6 Å². The van der Waals surface area contributed by atoms with Gasteiger partial charge in [-0.3, -0.25) is 0 Å². The average Bonchev–Trinajstić information content (AvgIpc) is 2.91. The summed E-state index contributed by atoms with van der Waals surface area (Å²) in [6.45, 7) is 1.78. The Morgan fingerprint density at radius 1 is 1.67 bits per heavy atom. The zero-order chi connectivity index (χ0) is 11.0. The van der Waals surface area contributed by atoms with Gasteiger partial charge < -0.3 is 9.84 Å². The summed E-state index contributed by atoms with van der Waals surface area (Å²) in [7, 11) is 1.65. The highest BCUT2D eigenvalue weighted by Crippen LogP contribution is 2.44. The lowest BCUT2D eigenvalue weighted by Gasteiger charge is -2.09. The smallest absolute Gasteiger partial charge is 0.355 e. The molecule has 1 aromatic heterocycles. The van der Waals surface area contributed by atoms with E-state index < -0.39 is 5.97 Å². The van der Waals surface area contributed by atoms with Crippen molar-refractivity contribution in [2.45, 2.75) is 25.9 Å². The lowest BCUT2D eigenvalue weighted by Crippen LogP contribution is -2.05. The van der Waals surface area contributed by atoms with Gasteiger partial charge in [-0.1, -0.05) is 0 Å². The number of aryl methyl sites for hydroxylation is 1. The number of hydrogen-bond donors (Lipinski definition) is 1. The van der Waals surface area contributed by atoms with Crippen LogP contribution in [-0.2, 0) is 4.74 Å². The molecule has 0 bridgehead atoms. The van der Waals surface area contributed by atoms with Crippen LogP contribution in [0.2, 0.25) is 0 Å². The molecule has 1 aliphatic rings. The van der Waals surface area contributed by atoms with E-state index in [-0.39, 0.29) is 11.8 Å². The molecular weight excluding hydrogens is 214 g/mol. The standard InChI is InChI=1S/C10H13NO3S/c1-5-7(10(12)13)11-9(15-5)8(14-2)6-3-4-6/h6,8H,3-4H2,1-2H3,(H,12,13). The normalized spacial score (nSPS) is 17.7. The molecule has 82 valence electrons. The maximum Gasteiger partial charge on any atom is 0.355 e. The lowest BCUT2D eigenvalue weighted by molar-refractivity contribution is 0.0685. The number of thiazole rings is 1. The van der Waals surface area contributed by atoms with Crippen molar-refractivity contribution in [2.24, 2.45) is 5.92 Å². The Bertz CT molecular complexity index is 384. The molecule has 1 saturated carbocycles. The summed E-state index contributed by atoms with van der Waals surface area (Å²) in [5.74, 6) is -0.428. The summed E-state index contributed by atoms with van der Waals surface area (Å²) in [6.07, 6.45) is 2.29. The van der Waals surface area contributed by atoms with E-state index in [0.29, 0.717) is 5.92 Å². The predicted octanol–water partition coefficient (Wildman–Crippen LogP) is 2.25. The molecule has 2 rings (SSSR count). The molecular formula is C10H13NO3S. The Morgan fingerprint density at radius 2 is 2.33 bits per heavy atom. The molecule has 1 unspecified atom stereocenters. The minimum Gasteiger partial charge on any atom is -0.476 e. The third-order valence-electron chi connectivity index (χ3n) is 2.56. The van der Waals surface area contributed by atoms with Gasteiger partial charge in [-0.2, -0.15) is 0 Å². The number of methoxy groups -OCH3 is 1. The van der Waals surface area contributed by atoms with Crippen LogP contribution in [0.3, 0.4) is 0 Å². The molecule has 0 radical (unpaired) electrons. The summed E-state index contributed by atoms with van der Waals surface area (Å²) in [4.78, 5) is 15.7. The summed E-state index contributed by atoms with van der Waals surface area (Å²) in [5.41, 5.74) is 0.165. The van der Waals surface area contributed by atoms with Gasteiger partial charge in [0, 0.05) is 12.0 Å². The van der Waals surface area contributed by atoms with Crippen LogP contribution < -0.4 is 0 Å². The van der Waals surface area contributed by atoms with Crippen LogP contribution in [-0.4, -0.2) is 23.2 Å². The predicted molar refractivity (Wildman–Crippen MR) is 56.3 cm³/mol. The van der Waals surface area contributed by atoms with Crippen molar-refractivity contribution in [1.29, 1.82) is 0 Å². The number of carbonyl (C=O) groups is 1. The van der Waals surface area contributed by atoms with Crippen molar-refractivity contribution in [1.82, 2.24) is 4.98 Å². The number of carboxylic acid groups (broad SMARTS) is 1. The third-order valence-corrected chi connectivity index (χ3v) is 3.60. The van der Waals surface area contributed by atoms with Crippen LogP contribution >= 0.6 is 11.3 Å². The maximum atomic E-state index is 10.8. The van der Waals surface area contributed by atoms with Gasteiger partial charge in [-0.15, -0.1) is 11.3 Å². The molecule has 15 heavy (non-hydrogen) atoms. The number of nitrogens with zero attached hydrogens (tertiary/aromatic N) is 1. The molecule has 1 fully saturated rings.